The zero-order valence-electron chi connectivity index (χ0n) is 15.2. The summed E-state index contributed by atoms with van der Waals surface area (Å²) in [5, 5.41) is 9.05. The lowest BCUT2D eigenvalue weighted by Gasteiger charge is -2.33. The smallest absolute Gasteiger partial charge is 0.150 e. The monoisotopic (exact) mass is 341 g/mol. The number of nitrogens with zero attached hydrogens (tertiary/aromatic N) is 7. The van der Waals surface area contributed by atoms with Gasteiger partial charge in [0, 0.05) is 38.4 Å². The van der Waals surface area contributed by atoms with Gasteiger partial charge >= 0.3 is 0 Å². The van der Waals surface area contributed by atoms with Crippen molar-refractivity contribution in [2.24, 2.45) is 7.05 Å². The van der Waals surface area contributed by atoms with Crippen LogP contribution in [0.2, 0.25) is 0 Å². The van der Waals surface area contributed by atoms with Crippen LogP contribution in [-0.2, 0) is 13.6 Å². The van der Waals surface area contributed by atoms with E-state index >= 15 is 0 Å². The summed E-state index contributed by atoms with van der Waals surface area (Å²) in [6.45, 7) is 7.30. The van der Waals surface area contributed by atoms with Gasteiger partial charge in [0.1, 0.15) is 17.5 Å². The highest BCUT2D eigenvalue weighted by molar-refractivity contribution is 5.43. The van der Waals surface area contributed by atoms with Gasteiger partial charge < -0.3 is 9.47 Å². The lowest BCUT2D eigenvalue weighted by Crippen LogP contribution is -2.36. The standard InChI is InChI=1S/C18H27N7/c1-14-17(20-8-7-19-14)25-11-5-6-15(12-25)18-22-21-16(23(18)2)13-24-9-3-4-10-24/h7-8,15H,3-6,9-13H2,1-2H3. The van der Waals surface area contributed by atoms with Gasteiger partial charge in [0.2, 0.25) is 0 Å². The lowest BCUT2D eigenvalue weighted by atomic mass is 9.97. The molecule has 0 saturated carbocycles. The average molecular weight is 341 g/mol. The summed E-state index contributed by atoms with van der Waals surface area (Å²) in [6.07, 6.45) is 8.45. The van der Waals surface area contributed by atoms with Crippen LogP contribution in [0.3, 0.4) is 0 Å². The van der Waals surface area contributed by atoms with E-state index in [2.05, 4.69) is 41.6 Å². The van der Waals surface area contributed by atoms with Crippen LogP contribution in [0.4, 0.5) is 5.82 Å². The molecule has 4 heterocycles. The van der Waals surface area contributed by atoms with Gasteiger partial charge in [-0.15, -0.1) is 10.2 Å². The fourth-order valence-electron chi connectivity index (χ4n) is 4.10. The number of hydrogen-bond donors (Lipinski definition) is 0. The van der Waals surface area contributed by atoms with Crippen LogP contribution >= 0.6 is 0 Å². The molecule has 1 unspecified atom stereocenters. The summed E-state index contributed by atoms with van der Waals surface area (Å²) in [5.74, 6) is 3.61. The Labute approximate surface area is 149 Å². The maximum absolute atomic E-state index is 4.56. The summed E-state index contributed by atoms with van der Waals surface area (Å²) in [5.41, 5.74) is 0.996. The molecule has 0 spiro atoms. The van der Waals surface area contributed by atoms with E-state index in [1.165, 1.54) is 25.9 Å². The molecule has 2 aliphatic heterocycles. The third-order valence-electron chi connectivity index (χ3n) is 5.50. The molecule has 134 valence electrons. The summed E-state index contributed by atoms with van der Waals surface area (Å²) in [7, 11) is 2.12. The fourth-order valence-corrected chi connectivity index (χ4v) is 4.10. The van der Waals surface area contributed by atoms with Gasteiger partial charge in [0.25, 0.3) is 0 Å². The Morgan fingerprint density at radius 2 is 1.84 bits per heavy atom. The second kappa shape index (κ2) is 7.07. The zero-order chi connectivity index (χ0) is 17.2. The van der Waals surface area contributed by atoms with Crippen LogP contribution in [-0.4, -0.2) is 55.8 Å². The fraction of sp³-hybridized carbons (Fsp3) is 0.667. The minimum Gasteiger partial charge on any atom is -0.354 e. The second-order valence-electron chi connectivity index (χ2n) is 7.27. The average Bonchev–Trinajstić information content (AvgIpc) is 3.27. The largest absolute Gasteiger partial charge is 0.354 e. The van der Waals surface area contributed by atoms with Crippen molar-refractivity contribution in [3.05, 3.63) is 29.7 Å². The number of aryl methyl sites for hydroxylation is 1. The number of hydrogen-bond acceptors (Lipinski definition) is 6. The van der Waals surface area contributed by atoms with Gasteiger partial charge in [0.05, 0.1) is 12.2 Å². The Morgan fingerprint density at radius 1 is 1.04 bits per heavy atom. The number of piperidine rings is 1. The molecule has 1 atom stereocenters. The predicted molar refractivity (Wildman–Crippen MR) is 96.5 cm³/mol. The second-order valence-corrected chi connectivity index (χ2v) is 7.27. The van der Waals surface area contributed by atoms with Crippen LogP contribution in [0.15, 0.2) is 12.4 Å². The molecule has 2 aromatic heterocycles. The first-order chi connectivity index (χ1) is 12.2. The summed E-state index contributed by atoms with van der Waals surface area (Å²) in [6, 6.07) is 0. The predicted octanol–water partition coefficient (Wildman–Crippen LogP) is 1.89. The molecule has 0 aromatic carbocycles. The first-order valence-electron chi connectivity index (χ1n) is 9.35. The van der Waals surface area contributed by atoms with E-state index < -0.39 is 0 Å². The number of rotatable bonds is 4. The van der Waals surface area contributed by atoms with Crippen molar-refractivity contribution in [2.45, 2.75) is 45.1 Å². The molecule has 7 nitrogen and oxygen atoms in total. The van der Waals surface area contributed by atoms with Crippen LogP contribution in [0, 0.1) is 6.92 Å². The zero-order valence-corrected chi connectivity index (χ0v) is 15.2. The SMILES string of the molecule is Cc1nccnc1N1CCCC(c2nnc(CN3CCCC3)n2C)C1. The van der Waals surface area contributed by atoms with Crippen molar-refractivity contribution < 1.29 is 0 Å². The van der Waals surface area contributed by atoms with E-state index in [9.17, 15) is 0 Å². The van der Waals surface area contributed by atoms with Crippen molar-refractivity contribution in [3.63, 3.8) is 0 Å². The van der Waals surface area contributed by atoms with Crippen molar-refractivity contribution in [1.29, 1.82) is 0 Å². The molecule has 2 aliphatic rings. The van der Waals surface area contributed by atoms with Crippen LogP contribution in [0.25, 0.3) is 0 Å². The Bertz CT molecular complexity index is 720. The lowest BCUT2D eigenvalue weighted by molar-refractivity contribution is 0.317. The minimum absolute atomic E-state index is 0.403. The summed E-state index contributed by atoms with van der Waals surface area (Å²) >= 11 is 0. The Morgan fingerprint density at radius 3 is 2.64 bits per heavy atom. The number of aromatic nitrogens is 5. The van der Waals surface area contributed by atoms with E-state index in [4.69, 9.17) is 0 Å². The van der Waals surface area contributed by atoms with E-state index in [0.717, 1.165) is 55.6 Å². The first kappa shape index (κ1) is 16.4. The van der Waals surface area contributed by atoms with E-state index in [0.29, 0.717) is 5.92 Å². The Balaban J connectivity index is 1.50. The van der Waals surface area contributed by atoms with Crippen LogP contribution in [0.5, 0.6) is 0 Å². The van der Waals surface area contributed by atoms with E-state index in [1.807, 2.05) is 6.92 Å². The molecule has 0 N–H and O–H groups in total. The van der Waals surface area contributed by atoms with Crippen molar-refractivity contribution in [1.82, 2.24) is 29.6 Å². The van der Waals surface area contributed by atoms with Crippen molar-refractivity contribution in [2.75, 3.05) is 31.1 Å². The quantitative estimate of drug-likeness (QED) is 0.846. The van der Waals surface area contributed by atoms with Gasteiger partial charge in [-0.1, -0.05) is 0 Å². The molecule has 4 rings (SSSR count). The maximum Gasteiger partial charge on any atom is 0.150 e. The topological polar surface area (TPSA) is 63.0 Å². The van der Waals surface area contributed by atoms with Gasteiger partial charge in [-0.3, -0.25) is 9.88 Å². The molecule has 7 heteroatoms. The van der Waals surface area contributed by atoms with E-state index in [1.54, 1.807) is 12.4 Å². The highest BCUT2D eigenvalue weighted by Gasteiger charge is 2.28. The molecule has 25 heavy (non-hydrogen) atoms. The van der Waals surface area contributed by atoms with Crippen LogP contribution < -0.4 is 4.90 Å². The molecule has 0 amide bonds. The molecule has 2 fully saturated rings. The Hall–Kier alpha value is -2.02. The van der Waals surface area contributed by atoms with Crippen molar-refractivity contribution in [3.8, 4) is 0 Å². The first-order valence-corrected chi connectivity index (χ1v) is 9.35. The molecule has 0 radical (unpaired) electrons. The third-order valence-corrected chi connectivity index (χ3v) is 5.50. The number of anilines is 1. The van der Waals surface area contributed by atoms with Gasteiger partial charge in [-0.25, -0.2) is 4.98 Å². The summed E-state index contributed by atoms with van der Waals surface area (Å²) in [4.78, 5) is 13.8. The molecule has 2 aromatic rings. The Kier molecular flexibility index (Phi) is 4.65. The highest BCUT2D eigenvalue weighted by Crippen LogP contribution is 2.29. The van der Waals surface area contributed by atoms with Crippen LogP contribution in [0.1, 0.15) is 48.9 Å². The maximum atomic E-state index is 4.56. The third kappa shape index (κ3) is 3.38. The number of likely N-dealkylation sites (tertiary alicyclic amines) is 1. The van der Waals surface area contributed by atoms with Gasteiger partial charge in [0.15, 0.2) is 0 Å². The van der Waals surface area contributed by atoms with Gasteiger partial charge in [-0.05, 0) is 45.7 Å². The minimum atomic E-state index is 0.403. The van der Waals surface area contributed by atoms with Gasteiger partial charge in [-0.2, -0.15) is 0 Å². The molecule has 0 bridgehead atoms. The summed E-state index contributed by atoms with van der Waals surface area (Å²) < 4.78 is 2.22. The van der Waals surface area contributed by atoms with Crippen molar-refractivity contribution >= 4 is 5.82 Å². The normalized spacial score (nSPS) is 21.8. The highest BCUT2D eigenvalue weighted by atomic mass is 15.3. The molecular formula is C18H27N7. The van der Waals surface area contributed by atoms with E-state index in [-0.39, 0.29) is 0 Å². The molecular weight excluding hydrogens is 314 g/mol. The molecule has 0 aliphatic carbocycles. The molecule has 2 saturated heterocycles.